The third kappa shape index (κ3) is 3.09. The Kier molecular flexibility index (Phi) is 4.33. The lowest BCUT2D eigenvalue weighted by Crippen LogP contribution is -2.57. The normalized spacial score (nSPS) is 28.1. The van der Waals surface area contributed by atoms with E-state index in [9.17, 15) is 13.2 Å². The molecule has 1 amide bonds. The van der Waals surface area contributed by atoms with Crippen molar-refractivity contribution in [2.45, 2.75) is 56.0 Å². The molecule has 25 heavy (non-hydrogen) atoms. The maximum Gasteiger partial charge on any atom is 0.243 e. The van der Waals surface area contributed by atoms with Crippen molar-refractivity contribution in [2.75, 3.05) is 13.1 Å². The van der Waals surface area contributed by atoms with Gasteiger partial charge in [-0.2, -0.15) is 4.31 Å². The van der Waals surface area contributed by atoms with Gasteiger partial charge in [0.1, 0.15) is 0 Å². The maximum absolute atomic E-state index is 13.1. The van der Waals surface area contributed by atoms with Gasteiger partial charge in [0.05, 0.1) is 4.90 Å². The summed E-state index contributed by atoms with van der Waals surface area (Å²) in [5.74, 6) is 0.493. The van der Waals surface area contributed by atoms with Crippen LogP contribution in [0.5, 0.6) is 0 Å². The number of piperidine rings is 2. The highest BCUT2D eigenvalue weighted by atomic mass is 35.5. The van der Waals surface area contributed by atoms with E-state index in [4.69, 9.17) is 11.6 Å². The van der Waals surface area contributed by atoms with Crippen LogP contribution in [-0.4, -0.2) is 48.7 Å². The number of benzene rings is 1. The molecule has 1 saturated carbocycles. The number of sulfonamides is 1. The number of hydrogen-bond acceptors (Lipinski definition) is 3. The molecule has 7 heteroatoms. The first-order valence-electron chi connectivity index (χ1n) is 8.95. The molecule has 0 radical (unpaired) electrons. The number of amides is 1. The third-order valence-electron chi connectivity index (χ3n) is 5.74. The highest BCUT2D eigenvalue weighted by Crippen LogP contribution is 2.40. The number of carbonyl (C=O) groups is 1. The number of fused-ring (bicyclic) bond motifs is 1. The molecule has 136 valence electrons. The molecule has 5 nitrogen and oxygen atoms in total. The molecule has 2 heterocycles. The van der Waals surface area contributed by atoms with Gasteiger partial charge >= 0.3 is 0 Å². The van der Waals surface area contributed by atoms with Crippen LogP contribution < -0.4 is 0 Å². The average molecular weight is 383 g/mol. The van der Waals surface area contributed by atoms with Gasteiger partial charge in [-0.25, -0.2) is 8.42 Å². The minimum atomic E-state index is -3.56. The molecule has 3 aliphatic rings. The zero-order valence-electron chi connectivity index (χ0n) is 14.3. The number of hydrogen-bond donors (Lipinski definition) is 0. The number of aryl methyl sites for hydroxylation is 1. The molecule has 0 spiro atoms. The summed E-state index contributed by atoms with van der Waals surface area (Å²) in [6.45, 7) is 2.76. The first-order valence-corrected chi connectivity index (χ1v) is 10.8. The summed E-state index contributed by atoms with van der Waals surface area (Å²) in [6, 6.07) is 5.61. The summed E-state index contributed by atoms with van der Waals surface area (Å²) in [5.41, 5.74) is 0.713. The lowest BCUT2D eigenvalue weighted by Gasteiger charge is -2.47. The molecular weight excluding hydrogens is 360 g/mol. The van der Waals surface area contributed by atoms with Gasteiger partial charge < -0.3 is 4.90 Å². The minimum Gasteiger partial charge on any atom is -0.336 e. The third-order valence-corrected chi connectivity index (χ3v) is 7.98. The van der Waals surface area contributed by atoms with Gasteiger partial charge in [-0.3, -0.25) is 4.79 Å². The van der Waals surface area contributed by atoms with E-state index >= 15 is 0 Å². The van der Waals surface area contributed by atoms with Crippen molar-refractivity contribution >= 4 is 27.5 Å². The van der Waals surface area contributed by atoms with Crippen LogP contribution in [0.4, 0.5) is 0 Å². The van der Waals surface area contributed by atoms with Gasteiger partial charge in [0, 0.05) is 36.6 Å². The number of carbonyl (C=O) groups excluding carboxylic acids is 1. The van der Waals surface area contributed by atoms with E-state index in [-0.39, 0.29) is 17.9 Å². The first kappa shape index (κ1) is 17.3. The van der Waals surface area contributed by atoms with Gasteiger partial charge in [-0.05, 0) is 56.2 Å². The van der Waals surface area contributed by atoms with Crippen LogP contribution >= 0.6 is 11.6 Å². The summed E-state index contributed by atoms with van der Waals surface area (Å²) in [4.78, 5) is 14.7. The molecular formula is C18H23ClN2O3S. The quantitative estimate of drug-likeness (QED) is 0.807. The largest absolute Gasteiger partial charge is 0.336 e. The zero-order valence-corrected chi connectivity index (χ0v) is 15.9. The highest BCUT2D eigenvalue weighted by molar-refractivity contribution is 7.89. The van der Waals surface area contributed by atoms with Crippen molar-refractivity contribution in [1.82, 2.24) is 9.21 Å². The Labute approximate surface area is 154 Å². The minimum absolute atomic E-state index is 0.209. The SMILES string of the molecule is Cc1ccc(Cl)cc1S(=O)(=O)N1CC[C@H]2[C@@H](CCC(=O)N2C2CC2)C1. The fraction of sp³-hybridized carbons (Fsp3) is 0.611. The number of likely N-dealkylation sites (tertiary alicyclic amines) is 1. The molecule has 4 rings (SSSR count). The Morgan fingerprint density at radius 3 is 2.64 bits per heavy atom. The van der Waals surface area contributed by atoms with E-state index in [0.29, 0.717) is 41.0 Å². The second-order valence-corrected chi connectivity index (χ2v) is 9.80. The van der Waals surface area contributed by atoms with E-state index in [1.54, 1.807) is 29.4 Å². The van der Waals surface area contributed by atoms with Crippen molar-refractivity contribution in [3.63, 3.8) is 0 Å². The van der Waals surface area contributed by atoms with Crippen molar-refractivity contribution in [2.24, 2.45) is 5.92 Å². The second kappa shape index (κ2) is 6.25. The van der Waals surface area contributed by atoms with E-state index in [0.717, 1.165) is 25.7 Å². The van der Waals surface area contributed by atoms with Crippen LogP contribution in [0.3, 0.4) is 0 Å². The summed E-state index contributed by atoms with van der Waals surface area (Å²) in [5, 5.41) is 0.433. The van der Waals surface area contributed by atoms with Crippen molar-refractivity contribution in [1.29, 1.82) is 0 Å². The molecule has 2 aliphatic heterocycles. The summed E-state index contributed by atoms with van der Waals surface area (Å²) in [7, 11) is -3.56. The Hall–Kier alpha value is -1.11. The van der Waals surface area contributed by atoms with Gasteiger partial charge in [-0.1, -0.05) is 17.7 Å². The zero-order chi connectivity index (χ0) is 17.8. The monoisotopic (exact) mass is 382 g/mol. The van der Waals surface area contributed by atoms with Gasteiger partial charge in [0.2, 0.25) is 15.9 Å². The van der Waals surface area contributed by atoms with E-state index < -0.39 is 10.0 Å². The van der Waals surface area contributed by atoms with E-state index in [1.165, 1.54) is 0 Å². The molecule has 3 fully saturated rings. The molecule has 0 N–H and O–H groups in total. The molecule has 0 aromatic heterocycles. The van der Waals surface area contributed by atoms with Gasteiger partial charge in [0.25, 0.3) is 0 Å². The predicted molar refractivity (Wildman–Crippen MR) is 95.9 cm³/mol. The summed E-state index contributed by atoms with van der Waals surface area (Å²) >= 11 is 6.02. The van der Waals surface area contributed by atoms with Crippen LogP contribution in [-0.2, 0) is 14.8 Å². The smallest absolute Gasteiger partial charge is 0.243 e. The number of halogens is 1. The fourth-order valence-corrected chi connectivity index (χ4v) is 6.29. The highest BCUT2D eigenvalue weighted by Gasteiger charge is 2.46. The Balaban J connectivity index is 1.57. The Morgan fingerprint density at radius 2 is 1.92 bits per heavy atom. The number of rotatable bonds is 3. The number of nitrogens with zero attached hydrogens (tertiary/aromatic N) is 2. The standard InChI is InChI=1S/C18H23ClN2O3S/c1-12-2-4-14(19)10-17(12)25(23,24)20-9-8-16-13(11-20)3-7-18(22)21(16)15-5-6-15/h2,4,10,13,15-16H,3,5-9,11H2,1H3/t13-,16-/m0/s1. The lowest BCUT2D eigenvalue weighted by molar-refractivity contribution is -0.141. The Bertz CT molecular complexity index is 807. The van der Waals surface area contributed by atoms with Crippen LogP contribution in [0.25, 0.3) is 0 Å². The van der Waals surface area contributed by atoms with Crippen molar-refractivity contribution < 1.29 is 13.2 Å². The fourth-order valence-electron chi connectivity index (χ4n) is 4.30. The van der Waals surface area contributed by atoms with Crippen molar-refractivity contribution in [3.05, 3.63) is 28.8 Å². The average Bonchev–Trinajstić information content (AvgIpc) is 3.41. The molecule has 1 aliphatic carbocycles. The van der Waals surface area contributed by atoms with Gasteiger partial charge in [-0.15, -0.1) is 0 Å². The summed E-state index contributed by atoms with van der Waals surface area (Å²) in [6.07, 6.45) is 4.25. The molecule has 2 saturated heterocycles. The van der Waals surface area contributed by atoms with Crippen LogP contribution in [0.1, 0.15) is 37.7 Å². The maximum atomic E-state index is 13.1. The lowest BCUT2D eigenvalue weighted by atomic mass is 9.84. The summed E-state index contributed by atoms with van der Waals surface area (Å²) < 4.78 is 27.8. The molecule has 2 atom stereocenters. The topological polar surface area (TPSA) is 57.7 Å². The molecule has 1 aromatic rings. The molecule has 0 unspecified atom stereocenters. The Morgan fingerprint density at radius 1 is 1.16 bits per heavy atom. The van der Waals surface area contributed by atoms with Crippen LogP contribution in [0.2, 0.25) is 5.02 Å². The van der Waals surface area contributed by atoms with Crippen molar-refractivity contribution in [3.8, 4) is 0 Å². The first-order chi connectivity index (χ1) is 11.9. The molecule has 1 aromatic carbocycles. The molecule has 0 bridgehead atoms. The second-order valence-electron chi connectivity index (χ2n) is 7.46. The predicted octanol–water partition coefficient (Wildman–Crippen LogP) is 2.81. The van der Waals surface area contributed by atoms with Crippen LogP contribution in [0, 0.1) is 12.8 Å². The van der Waals surface area contributed by atoms with Gasteiger partial charge in [0.15, 0.2) is 0 Å². The van der Waals surface area contributed by atoms with E-state index in [2.05, 4.69) is 4.90 Å². The van der Waals surface area contributed by atoms with E-state index in [1.807, 2.05) is 0 Å². The van der Waals surface area contributed by atoms with Crippen LogP contribution in [0.15, 0.2) is 23.1 Å².